The molecule has 1 aromatic carbocycles. The Hall–Kier alpha value is -1.82. The zero-order valence-electron chi connectivity index (χ0n) is 14.0. The highest BCUT2D eigenvalue weighted by atomic mass is 19.3. The second-order valence-corrected chi connectivity index (χ2v) is 6.48. The number of nitrogens with zero attached hydrogens (tertiary/aromatic N) is 1. The van der Waals surface area contributed by atoms with Crippen LogP contribution in [-0.2, 0) is 5.41 Å². The molecule has 1 aromatic rings. The molecule has 132 valence electrons. The minimum atomic E-state index is -2.53. The van der Waals surface area contributed by atoms with Crippen molar-refractivity contribution in [3.63, 3.8) is 0 Å². The van der Waals surface area contributed by atoms with E-state index in [9.17, 15) is 13.9 Å². The largest absolute Gasteiger partial charge is 0.493 e. The Kier molecular flexibility index (Phi) is 4.67. The van der Waals surface area contributed by atoms with Gasteiger partial charge in [0.1, 0.15) is 6.61 Å². The van der Waals surface area contributed by atoms with Gasteiger partial charge in [-0.05, 0) is 43.0 Å². The minimum absolute atomic E-state index is 0.191. The van der Waals surface area contributed by atoms with Crippen LogP contribution in [0.5, 0.6) is 11.5 Å². The minimum Gasteiger partial charge on any atom is -0.493 e. The number of aliphatic hydroxyl groups is 1. The zero-order valence-corrected chi connectivity index (χ0v) is 14.0. The van der Waals surface area contributed by atoms with Gasteiger partial charge in [0, 0.05) is 24.7 Å². The molecule has 1 heterocycles. The summed E-state index contributed by atoms with van der Waals surface area (Å²) >= 11 is 0. The van der Waals surface area contributed by atoms with Crippen molar-refractivity contribution in [3.05, 3.63) is 35.5 Å². The topological polar surface area (TPSA) is 41.9 Å². The van der Waals surface area contributed by atoms with E-state index in [2.05, 4.69) is 4.90 Å². The van der Waals surface area contributed by atoms with Crippen LogP contribution in [0.3, 0.4) is 0 Å². The lowest BCUT2D eigenvalue weighted by Gasteiger charge is -2.37. The van der Waals surface area contributed by atoms with E-state index < -0.39 is 19.1 Å². The van der Waals surface area contributed by atoms with Crippen LogP contribution in [-0.4, -0.2) is 49.8 Å². The van der Waals surface area contributed by atoms with Gasteiger partial charge < -0.3 is 19.5 Å². The molecule has 0 aromatic heterocycles. The number of alkyl halides is 2. The van der Waals surface area contributed by atoms with Crippen LogP contribution in [0.4, 0.5) is 8.78 Å². The SMILES string of the molecule is COc1ccc([C@@]23CC[C@@H](O)C=C2N(C)CC3)cc1OCC(F)F. The number of fused-ring (bicyclic) bond motifs is 1. The summed E-state index contributed by atoms with van der Waals surface area (Å²) in [7, 11) is 3.51. The lowest BCUT2D eigenvalue weighted by molar-refractivity contribution is 0.0803. The second kappa shape index (κ2) is 6.59. The third-order valence-corrected chi connectivity index (χ3v) is 5.07. The van der Waals surface area contributed by atoms with Gasteiger partial charge in [-0.3, -0.25) is 0 Å². The first-order valence-electron chi connectivity index (χ1n) is 8.17. The third-order valence-electron chi connectivity index (χ3n) is 5.07. The summed E-state index contributed by atoms with van der Waals surface area (Å²) in [5, 5.41) is 9.99. The quantitative estimate of drug-likeness (QED) is 0.896. The first kappa shape index (κ1) is 17.0. The van der Waals surface area contributed by atoms with E-state index in [1.54, 1.807) is 6.07 Å². The van der Waals surface area contributed by atoms with Crippen molar-refractivity contribution in [1.82, 2.24) is 4.90 Å². The third kappa shape index (κ3) is 2.95. The summed E-state index contributed by atoms with van der Waals surface area (Å²) in [6.07, 6.45) is 1.40. The van der Waals surface area contributed by atoms with Crippen molar-refractivity contribution in [2.24, 2.45) is 0 Å². The van der Waals surface area contributed by atoms with E-state index in [0.29, 0.717) is 17.9 Å². The molecule has 1 N–H and O–H groups in total. The predicted octanol–water partition coefficient (Wildman–Crippen LogP) is 2.95. The highest BCUT2D eigenvalue weighted by Gasteiger charge is 2.45. The fourth-order valence-electron chi connectivity index (χ4n) is 3.85. The van der Waals surface area contributed by atoms with Gasteiger partial charge in [-0.25, -0.2) is 8.78 Å². The molecule has 0 spiro atoms. The van der Waals surface area contributed by atoms with Crippen LogP contribution in [0.2, 0.25) is 0 Å². The van der Waals surface area contributed by atoms with Crippen molar-refractivity contribution in [2.45, 2.75) is 37.2 Å². The second-order valence-electron chi connectivity index (χ2n) is 6.48. The standard InChI is InChI=1S/C18H23F2NO3/c1-21-8-7-18(6-5-13(22)10-16(18)21)12-3-4-14(23-2)15(9-12)24-11-17(19)20/h3-4,9-10,13,17,22H,5-8,11H2,1-2H3/t13-,18+/m1/s1. The van der Waals surface area contributed by atoms with Gasteiger partial charge in [0.2, 0.25) is 0 Å². The number of aliphatic hydroxyl groups excluding tert-OH is 1. The number of hydrogen-bond donors (Lipinski definition) is 1. The zero-order chi connectivity index (χ0) is 17.3. The van der Waals surface area contributed by atoms with E-state index in [0.717, 1.165) is 30.6 Å². The summed E-state index contributed by atoms with van der Waals surface area (Å²) < 4.78 is 35.5. The average Bonchev–Trinajstić information content (AvgIpc) is 2.90. The van der Waals surface area contributed by atoms with Gasteiger partial charge in [-0.1, -0.05) is 6.07 Å². The molecule has 0 amide bonds. The summed E-state index contributed by atoms with van der Waals surface area (Å²) in [6.45, 7) is 0.242. The van der Waals surface area contributed by atoms with E-state index in [1.807, 2.05) is 25.3 Å². The molecule has 3 rings (SSSR count). The van der Waals surface area contributed by atoms with Gasteiger partial charge in [-0.15, -0.1) is 0 Å². The maximum Gasteiger partial charge on any atom is 0.272 e. The van der Waals surface area contributed by atoms with Gasteiger partial charge in [0.05, 0.1) is 13.2 Å². The Balaban J connectivity index is 1.99. The highest BCUT2D eigenvalue weighted by molar-refractivity contribution is 5.49. The smallest absolute Gasteiger partial charge is 0.272 e. The van der Waals surface area contributed by atoms with Crippen LogP contribution >= 0.6 is 0 Å². The number of methoxy groups -OCH3 is 1. The average molecular weight is 339 g/mol. The molecule has 2 aliphatic rings. The number of likely N-dealkylation sites (N-methyl/N-ethyl adjacent to an activating group) is 1. The molecule has 2 atom stereocenters. The Morgan fingerprint density at radius 1 is 1.33 bits per heavy atom. The lowest BCUT2D eigenvalue weighted by atomic mass is 9.70. The van der Waals surface area contributed by atoms with E-state index in [4.69, 9.17) is 9.47 Å². The van der Waals surface area contributed by atoms with Gasteiger partial charge >= 0.3 is 0 Å². The number of hydrogen-bond acceptors (Lipinski definition) is 4. The fourth-order valence-corrected chi connectivity index (χ4v) is 3.85. The van der Waals surface area contributed by atoms with E-state index in [-0.39, 0.29) is 5.41 Å². The van der Waals surface area contributed by atoms with Gasteiger partial charge in [-0.2, -0.15) is 0 Å². The van der Waals surface area contributed by atoms with Crippen LogP contribution < -0.4 is 9.47 Å². The van der Waals surface area contributed by atoms with E-state index in [1.165, 1.54) is 7.11 Å². The molecule has 0 unspecified atom stereocenters. The normalized spacial score (nSPS) is 26.3. The summed E-state index contributed by atoms with van der Waals surface area (Å²) in [6, 6.07) is 5.55. The molecule has 1 saturated heterocycles. The molecular formula is C18H23F2NO3. The number of halogens is 2. The van der Waals surface area contributed by atoms with Crippen molar-refractivity contribution < 1.29 is 23.4 Å². The van der Waals surface area contributed by atoms with Crippen molar-refractivity contribution >= 4 is 0 Å². The number of allylic oxidation sites excluding steroid dienone is 1. The number of likely N-dealkylation sites (tertiary alicyclic amines) is 1. The predicted molar refractivity (Wildman–Crippen MR) is 86.7 cm³/mol. The van der Waals surface area contributed by atoms with Crippen molar-refractivity contribution in [2.75, 3.05) is 27.3 Å². The van der Waals surface area contributed by atoms with Crippen LogP contribution in [0, 0.1) is 0 Å². The molecule has 0 bridgehead atoms. The molecule has 0 saturated carbocycles. The number of rotatable bonds is 5. The van der Waals surface area contributed by atoms with Crippen molar-refractivity contribution in [3.8, 4) is 11.5 Å². The number of benzene rings is 1. The molecule has 1 fully saturated rings. The summed E-state index contributed by atoms with van der Waals surface area (Å²) in [5.74, 6) is 0.785. The Morgan fingerprint density at radius 3 is 2.83 bits per heavy atom. The molecule has 1 aliphatic heterocycles. The molecule has 24 heavy (non-hydrogen) atoms. The van der Waals surface area contributed by atoms with Crippen LogP contribution in [0.1, 0.15) is 24.8 Å². The molecular weight excluding hydrogens is 316 g/mol. The summed E-state index contributed by atoms with van der Waals surface area (Å²) in [4.78, 5) is 2.16. The van der Waals surface area contributed by atoms with Gasteiger partial charge in [0.25, 0.3) is 6.43 Å². The van der Waals surface area contributed by atoms with Crippen molar-refractivity contribution in [1.29, 1.82) is 0 Å². The van der Waals surface area contributed by atoms with E-state index >= 15 is 0 Å². The molecule has 4 nitrogen and oxygen atoms in total. The maximum absolute atomic E-state index is 12.5. The maximum atomic E-state index is 12.5. The van der Waals surface area contributed by atoms with Crippen LogP contribution in [0.15, 0.2) is 30.0 Å². The summed E-state index contributed by atoms with van der Waals surface area (Å²) in [5.41, 5.74) is 1.93. The Morgan fingerprint density at radius 2 is 2.12 bits per heavy atom. The molecule has 0 radical (unpaired) electrons. The monoisotopic (exact) mass is 339 g/mol. The highest BCUT2D eigenvalue weighted by Crippen LogP contribution is 2.50. The first-order valence-corrected chi connectivity index (χ1v) is 8.17. The Bertz CT molecular complexity index is 635. The van der Waals surface area contributed by atoms with Crippen LogP contribution in [0.25, 0.3) is 0 Å². The molecule has 6 heteroatoms. The van der Waals surface area contributed by atoms with Gasteiger partial charge in [0.15, 0.2) is 11.5 Å². The Labute approximate surface area is 140 Å². The first-order chi connectivity index (χ1) is 11.5. The fraction of sp³-hybridized carbons (Fsp3) is 0.556. The number of ether oxygens (including phenoxy) is 2. The lowest BCUT2D eigenvalue weighted by Crippen LogP contribution is -2.33. The molecule has 1 aliphatic carbocycles.